The first-order valence-corrected chi connectivity index (χ1v) is 4.66. The molecule has 0 spiro atoms. The van der Waals surface area contributed by atoms with E-state index in [9.17, 15) is 4.21 Å². The zero-order chi connectivity index (χ0) is 7.98. The summed E-state index contributed by atoms with van der Waals surface area (Å²) >= 11 is 0. The minimum absolute atomic E-state index is 0.230. The lowest BCUT2D eigenvalue weighted by atomic mass is 10.5. The summed E-state index contributed by atoms with van der Waals surface area (Å²) in [6, 6.07) is 0. The van der Waals surface area contributed by atoms with Crippen molar-refractivity contribution < 1.29 is 8.95 Å². The van der Waals surface area contributed by atoms with Crippen LogP contribution in [0, 0.1) is 0 Å². The predicted octanol–water partition coefficient (Wildman–Crippen LogP) is 0.294. The van der Waals surface area contributed by atoms with Crippen molar-refractivity contribution in [2.45, 2.75) is 20.0 Å². The van der Waals surface area contributed by atoms with Crippen LogP contribution in [0.5, 0.6) is 0 Å². The fourth-order valence-electron chi connectivity index (χ4n) is 0.462. The molecule has 0 saturated carbocycles. The van der Waals surface area contributed by atoms with Gasteiger partial charge in [-0.3, -0.25) is 0 Å². The maximum Gasteiger partial charge on any atom is 0.0936 e. The highest BCUT2D eigenvalue weighted by Crippen LogP contribution is 1.86. The Kier molecular flexibility index (Phi) is 5.87. The van der Waals surface area contributed by atoms with Gasteiger partial charge in [-0.25, -0.2) is 8.93 Å². The van der Waals surface area contributed by atoms with Crippen LogP contribution < -0.4 is 4.72 Å². The molecule has 1 atom stereocenters. The van der Waals surface area contributed by atoms with Crippen LogP contribution in [0.25, 0.3) is 0 Å². The van der Waals surface area contributed by atoms with Crippen molar-refractivity contribution >= 4 is 11.0 Å². The molecule has 10 heavy (non-hydrogen) atoms. The monoisotopic (exact) mass is 165 g/mol. The van der Waals surface area contributed by atoms with E-state index < -0.39 is 11.0 Å². The van der Waals surface area contributed by atoms with Gasteiger partial charge in [-0.15, -0.1) is 0 Å². The van der Waals surface area contributed by atoms with Gasteiger partial charge in [-0.2, -0.15) is 0 Å². The molecule has 0 aliphatic rings. The second-order valence-electron chi connectivity index (χ2n) is 2.17. The Morgan fingerprint density at radius 2 is 2.20 bits per heavy atom. The van der Waals surface area contributed by atoms with Gasteiger partial charge in [0.25, 0.3) is 0 Å². The van der Waals surface area contributed by atoms with Gasteiger partial charge in [-0.1, -0.05) is 0 Å². The molecule has 62 valence electrons. The van der Waals surface area contributed by atoms with Gasteiger partial charge in [0.2, 0.25) is 0 Å². The van der Waals surface area contributed by atoms with E-state index in [0.717, 1.165) is 0 Å². The largest absolute Gasteiger partial charge is 0.378 e. The first kappa shape index (κ1) is 10.1. The highest BCUT2D eigenvalue weighted by Gasteiger charge is 1.96. The summed E-state index contributed by atoms with van der Waals surface area (Å²) in [5, 5.41) is 0. The van der Waals surface area contributed by atoms with E-state index in [1.54, 1.807) is 7.05 Å². The van der Waals surface area contributed by atoms with Gasteiger partial charge < -0.3 is 4.74 Å². The van der Waals surface area contributed by atoms with Crippen LogP contribution in [0.3, 0.4) is 0 Å². The molecule has 0 aromatic rings. The Morgan fingerprint density at radius 3 is 2.60 bits per heavy atom. The predicted molar refractivity (Wildman–Crippen MR) is 43.2 cm³/mol. The average Bonchev–Trinajstić information content (AvgIpc) is 1.87. The van der Waals surface area contributed by atoms with Crippen molar-refractivity contribution in [3.05, 3.63) is 0 Å². The van der Waals surface area contributed by atoms with E-state index in [0.29, 0.717) is 12.4 Å². The number of hydrogen-bond donors (Lipinski definition) is 1. The van der Waals surface area contributed by atoms with Crippen molar-refractivity contribution in [3.63, 3.8) is 0 Å². The highest BCUT2D eigenvalue weighted by atomic mass is 32.2. The van der Waals surface area contributed by atoms with Crippen molar-refractivity contribution in [2.75, 3.05) is 19.4 Å². The lowest BCUT2D eigenvalue weighted by Crippen LogP contribution is -2.19. The Bertz CT molecular complexity index is 106. The second-order valence-corrected chi connectivity index (χ2v) is 3.68. The number of rotatable bonds is 5. The van der Waals surface area contributed by atoms with Gasteiger partial charge >= 0.3 is 0 Å². The van der Waals surface area contributed by atoms with Crippen LogP contribution in [-0.4, -0.2) is 29.7 Å². The molecule has 0 heterocycles. The summed E-state index contributed by atoms with van der Waals surface area (Å²) in [7, 11) is 0.754. The highest BCUT2D eigenvalue weighted by molar-refractivity contribution is 7.83. The Labute approximate surface area is 64.7 Å². The summed E-state index contributed by atoms with van der Waals surface area (Å²) in [4.78, 5) is 0. The lowest BCUT2D eigenvalue weighted by molar-refractivity contribution is 0.0916. The molecular weight excluding hydrogens is 150 g/mol. The first-order chi connectivity index (χ1) is 4.66. The molecule has 0 rings (SSSR count). The molecule has 0 radical (unpaired) electrons. The standard InChI is InChI=1S/C6H15NO2S/c1-6(2)9-4-5-10(8)7-3/h6-7H,4-5H2,1-3H3. The van der Waals surface area contributed by atoms with Crippen LogP contribution >= 0.6 is 0 Å². The molecule has 0 bridgehead atoms. The summed E-state index contributed by atoms with van der Waals surface area (Å²) in [6.45, 7) is 4.48. The fourth-order valence-corrected chi connectivity index (χ4v) is 0.913. The van der Waals surface area contributed by atoms with E-state index in [2.05, 4.69) is 4.72 Å². The number of nitrogens with one attached hydrogen (secondary N) is 1. The molecule has 0 aliphatic carbocycles. The average molecular weight is 165 g/mol. The van der Waals surface area contributed by atoms with Crippen LogP contribution in [0.1, 0.15) is 13.8 Å². The molecule has 0 saturated heterocycles. The molecule has 0 aliphatic heterocycles. The Morgan fingerprint density at radius 1 is 1.60 bits per heavy atom. The third kappa shape index (κ3) is 6.19. The molecule has 0 aromatic heterocycles. The molecular formula is C6H15NO2S. The number of ether oxygens (including phenoxy) is 1. The Hall–Kier alpha value is 0.0700. The number of hydrogen-bond acceptors (Lipinski definition) is 2. The van der Waals surface area contributed by atoms with Crippen molar-refractivity contribution in [2.24, 2.45) is 0 Å². The van der Waals surface area contributed by atoms with E-state index in [-0.39, 0.29) is 6.10 Å². The van der Waals surface area contributed by atoms with Gasteiger partial charge in [-0.05, 0) is 20.9 Å². The molecule has 0 amide bonds. The maximum absolute atomic E-state index is 10.7. The van der Waals surface area contributed by atoms with Gasteiger partial charge in [0.15, 0.2) is 0 Å². The zero-order valence-corrected chi connectivity index (χ0v) is 7.53. The zero-order valence-electron chi connectivity index (χ0n) is 6.72. The minimum Gasteiger partial charge on any atom is -0.378 e. The van der Waals surface area contributed by atoms with Crippen LogP contribution in [0.4, 0.5) is 0 Å². The normalized spacial score (nSPS) is 14.0. The van der Waals surface area contributed by atoms with E-state index >= 15 is 0 Å². The third-order valence-electron chi connectivity index (χ3n) is 0.948. The summed E-state index contributed by atoms with van der Waals surface area (Å²) in [5.41, 5.74) is 0. The van der Waals surface area contributed by atoms with Crippen molar-refractivity contribution in [3.8, 4) is 0 Å². The van der Waals surface area contributed by atoms with Crippen LogP contribution in [0.2, 0.25) is 0 Å². The molecule has 1 unspecified atom stereocenters. The summed E-state index contributed by atoms with van der Waals surface area (Å²) < 4.78 is 18.5. The SMILES string of the molecule is CNS(=O)CCOC(C)C. The fraction of sp³-hybridized carbons (Fsp3) is 1.00. The topological polar surface area (TPSA) is 38.3 Å². The molecule has 4 heteroatoms. The molecule has 0 fully saturated rings. The van der Waals surface area contributed by atoms with Crippen LogP contribution in [-0.2, 0) is 15.7 Å². The van der Waals surface area contributed by atoms with Gasteiger partial charge in [0, 0.05) is 0 Å². The third-order valence-corrected chi connectivity index (χ3v) is 1.94. The summed E-state index contributed by atoms with van der Waals surface area (Å²) in [5.74, 6) is 0.564. The maximum atomic E-state index is 10.7. The van der Waals surface area contributed by atoms with E-state index in [1.165, 1.54) is 0 Å². The van der Waals surface area contributed by atoms with Gasteiger partial charge in [0.05, 0.1) is 29.4 Å². The second kappa shape index (κ2) is 5.82. The quantitative estimate of drug-likeness (QED) is 0.636. The van der Waals surface area contributed by atoms with Crippen molar-refractivity contribution in [1.82, 2.24) is 4.72 Å². The van der Waals surface area contributed by atoms with Crippen molar-refractivity contribution in [1.29, 1.82) is 0 Å². The minimum atomic E-state index is -0.918. The Balaban J connectivity index is 3.12. The lowest BCUT2D eigenvalue weighted by Gasteiger charge is -2.05. The summed E-state index contributed by atoms with van der Waals surface area (Å²) in [6.07, 6.45) is 0.230. The molecule has 3 nitrogen and oxygen atoms in total. The molecule has 1 N–H and O–H groups in total. The smallest absolute Gasteiger partial charge is 0.0936 e. The van der Waals surface area contributed by atoms with E-state index in [1.807, 2.05) is 13.8 Å². The van der Waals surface area contributed by atoms with E-state index in [4.69, 9.17) is 4.74 Å². The van der Waals surface area contributed by atoms with Gasteiger partial charge in [0.1, 0.15) is 0 Å². The van der Waals surface area contributed by atoms with Crippen LogP contribution in [0.15, 0.2) is 0 Å². The molecule has 0 aromatic carbocycles. The first-order valence-electron chi connectivity index (χ1n) is 3.34.